The van der Waals surface area contributed by atoms with E-state index in [1.54, 1.807) is 36.4 Å². The molecule has 1 aliphatic heterocycles. The van der Waals surface area contributed by atoms with Gasteiger partial charge in [0.1, 0.15) is 5.75 Å². The van der Waals surface area contributed by atoms with Crippen molar-refractivity contribution < 1.29 is 27.5 Å². The molecule has 5 nitrogen and oxygen atoms in total. The van der Waals surface area contributed by atoms with Gasteiger partial charge in [-0.2, -0.15) is 0 Å². The highest BCUT2D eigenvalue weighted by atomic mass is 19.4. The van der Waals surface area contributed by atoms with Gasteiger partial charge >= 0.3 is 6.36 Å². The summed E-state index contributed by atoms with van der Waals surface area (Å²) >= 11 is 0. The normalized spacial score (nSPS) is 15.5. The Hall–Kier alpha value is -3.55. The van der Waals surface area contributed by atoms with Crippen molar-refractivity contribution in [2.75, 3.05) is 5.32 Å². The number of nitrogens with zero attached hydrogens (tertiary/aromatic N) is 1. The molecule has 0 fully saturated rings. The number of ketones is 1. The molecule has 8 heteroatoms. The van der Waals surface area contributed by atoms with Gasteiger partial charge in [-0.15, -0.1) is 13.2 Å². The number of benzene rings is 2. The summed E-state index contributed by atoms with van der Waals surface area (Å²) in [5, 5.41) is 2.64. The van der Waals surface area contributed by atoms with E-state index in [-0.39, 0.29) is 17.4 Å². The molecule has 0 aliphatic carbocycles. The number of aromatic nitrogens is 1. The minimum absolute atomic E-state index is 0.125. The topological polar surface area (TPSA) is 60.3 Å². The van der Waals surface area contributed by atoms with Gasteiger partial charge in [-0.1, -0.05) is 36.4 Å². The van der Waals surface area contributed by atoms with Gasteiger partial charge in [0.15, 0.2) is 0 Å². The Labute approximate surface area is 170 Å². The molecule has 1 unspecified atom stereocenters. The zero-order chi connectivity index (χ0) is 21.3. The molecule has 0 saturated heterocycles. The first-order valence-corrected chi connectivity index (χ1v) is 9.28. The molecule has 154 valence electrons. The third-order valence-electron chi connectivity index (χ3n) is 4.93. The third kappa shape index (κ3) is 4.07. The molecule has 0 radical (unpaired) electrons. The highest BCUT2D eigenvalue weighted by Crippen LogP contribution is 2.33. The van der Waals surface area contributed by atoms with Crippen molar-refractivity contribution in [1.82, 2.24) is 4.57 Å². The van der Waals surface area contributed by atoms with E-state index in [4.69, 9.17) is 0 Å². The van der Waals surface area contributed by atoms with E-state index in [2.05, 4.69) is 10.1 Å². The molecule has 0 saturated carbocycles. The Morgan fingerprint density at radius 2 is 1.77 bits per heavy atom. The molecular formula is C22H17F3N2O3. The minimum Gasteiger partial charge on any atom is -0.406 e. The summed E-state index contributed by atoms with van der Waals surface area (Å²) in [5.74, 6) is -1.39. The Balaban J connectivity index is 1.50. The van der Waals surface area contributed by atoms with Crippen LogP contribution >= 0.6 is 0 Å². The van der Waals surface area contributed by atoms with Crippen molar-refractivity contribution in [3.8, 4) is 5.75 Å². The molecular weight excluding hydrogens is 397 g/mol. The zero-order valence-electron chi connectivity index (χ0n) is 15.6. The molecule has 4 rings (SSSR count). The van der Waals surface area contributed by atoms with Crippen molar-refractivity contribution in [2.24, 2.45) is 0 Å². The average Bonchev–Trinajstić information content (AvgIpc) is 3.29. The lowest BCUT2D eigenvalue weighted by atomic mass is 10.0. The maximum atomic E-state index is 12.8. The van der Waals surface area contributed by atoms with Crippen LogP contribution in [0.4, 0.5) is 18.9 Å². The van der Waals surface area contributed by atoms with Crippen LogP contribution in [-0.4, -0.2) is 22.6 Å². The number of rotatable bonds is 5. The number of hydrogen-bond donors (Lipinski definition) is 1. The summed E-state index contributed by atoms with van der Waals surface area (Å²) in [7, 11) is 0. The molecule has 2 heterocycles. The van der Waals surface area contributed by atoms with Crippen molar-refractivity contribution in [2.45, 2.75) is 25.2 Å². The first kappa shape index (κ1) is 19.8. The number of ether oxygens (including phenoxy) is 1. The van der Waals surface area contributed by atoms with Gasteiger partial charge in [0, 0.05) is 29.6 Å². The fourth-order valence-electron chi connectivity index (χ4n) is 3.64. The number of alkyl halides is 3. The van der Waals surface area contributed by atoms with Gasteiger partial charge in [0.05, 0.1) is 11.6 Å². The summed E-state index contributed by atoms with van der Waals surface area (Å²) in [4.78, 5) is 25.5. The van der Waals surface area contributed by atoms with Crippen LogP contribution in [-0.2, 0) is 11.3 Å². The summed E-state index contributed by atoms with van der Waals surface area (Å²) < 4.78 is 42.9. The van der Waals surface area contributed by atoms with E-state index in [9.17, 15) is 22.8 Å². The van der Waals surface area contributed by atoms with E-state index >= 15 is 0 Å². The van der Waals surface area contributed by atoms with Crippen molar-refractivity contribution in [3.63, 3.8) is 0 Å². The van der Waals surface area contributed by atoms with Gasteiger partial charge in [-0.25, -0.2) is 0 Å². The fourth-order valence-corrected chi connectivity index (χ4v) is 3.64. The molecule has 0 bridgehead atoms. The Kier molecular flexibility index (Phi) is 5.07. The van der Waals surface area contributed by atoms with E-state index in [1.165, 1.54) is 12.1 Å². The van der Waals surface area contributed by atoms with Gasteiger partial charge in [0.25, 0.3) is 0 Å². The Bertz CT molecular complexity index is 1090. The van der Waals surface area contributed by atoms with Crippen molar-refractivity contribution in [3.05, 3.63) is 83.7 Å². The van der Waals surface area contributed by atoms with Crippen LogP contribution in [0, 0.1) is 0 Å². The Morgan fingerprint density at radius 1 is 1.00 bits per heavy atom. The van der Waals surface area contributed by atoms with Crippen LogP contribution in [0.5, 0.6) is 5.75 Å². The number of amides is 1. The van der Waals surface area contributed by atoms with Crippen LogP contribution in [0.15, 0.2) is 66.7 Å². The maximum Gasteiger partial charge on any atom is 0.573 e. The monoisotopic (exact) mass is 414 g/mol. The number of carbonyl (C=O) groups is 2. The van der Waals surface area contributed by atoms with Gasteiger partial charge in [0.2, 0.25) is 11.7 Å². The van der Waals surface area contributed by atoms with Crippen molar-refractivity contribution in [1.29, 1.82) is 0 Å². The molecule has 2 aromatic carbocycles. The average molecular weight is 414 g/mol. The summed E-state index contributed by atoms with van der Waals surface area (Å²) in [6, 6.07) is 17.4. The third-order valence-corrected chi connectivity index (χ3v) is 4.93. The summed E-state index contributed by atoms with van der Waals surface area (Å²) in [5.41, 5.74) is 1.97. The molecule has 1 atom stereocenters. The molecule has 1 aromatic heterocycles. The summed E-state index contributed by atoms with van der Waals surface area (Å²) in [6.07, 6.45) is -4.31. The van der Waals surface area contributed by atoms with E-state index in [0.29, 0.717) is 29.9 Å². The van der Waals surface area contributed by atoms with Gasteiger partial charge in [-0.3, -0.25) is 9.59 Å². The second-order valence-corrected chi connectivity index (χ2v) is 6.90. The fraction of sp³-hybridized carbons (Fsp3) is 0.182. The molecule has 0 spiro atoms. The maximum absolute atomic E-state index is 12.8. The number of halogens is 3. The van der Waals surface area contributed by atoms with E-state index in [0.717, 1.165) is 12.1 Å². The number of carbonyl (C=O) groups excluding carboxylic acids is 2. The first-order valence-electron chi connectivity index (χ1n) is 9.28. The van der Waals surface area contributed by atoms with E-state index in [1.807, 2.05) is 10.6 Å². The number of anilines is 1. The van der Waals surface area contributed by atoms with E-state index < -0.39 is 18.0 Å². The van der Waals surface area contributed by atoms with Crippen molar-refractivity contribution >= 4 is 17.4 Å². The molecule has 30 heavy (non-hydrogen) atoms. The predicted molar refractivity (Wildman–Crippen MR) is 103 cm³/mol. The minimum atomic E-state index is -4.81. The lowest BCUT2D eigenvalue weighted by molar-refractivity contribution is -0.274. The lowest BCUT2D eigenvalue weighted by Gasteiger charge is -2.13. The molecule has 1 N–H and O–H groups in total. The Morgan fingerprint density at radius 3 is 2.50 bits per heavy atom. The second kappa shape index (κ2) is 7.70. The quantitative estimate of drug-likeness (QED) is 0.614. The molecule has 1 amide bonds. The number of fused-ring (bicyclic) bond motifs is 1. The predicted octanol–water partition coefficient (Wildman–Crippen LogP) is 4.74. The highest BCUT2D eigenvalue weighted by Gasteiger charge is 2.33. The largest absolute Gasteiger partial charge is 0.573 e. The van der Waals surface area contributed by atoms with Gasteiger partial charge < -0.3 is 14.6 Å². The SMILES string of the molecule is O=C(c1ccccc1)c1ccc2n1CCC2C(=O)Nc1cccc(OC(F)(F)F)c1. The zero-order valence-corrected chi connectivity index (χ0v) is 15.6. The highest BCUT2D eigenvalue weighted by molar-refractivity contribution is 6.08. The van der Waals surface area contributed by atoms with Crippen LogP contribution in [0.2, 0.25) is 0 Å². The van der Waals surface area contributed by atoms with Gasteiger partial charge in [-0.05, 0) is 30.7 Å². The number of nitrogens with one attached hydrogen (secondary N) is 1. The van der Waals surface area contributed by atoms with Crippen LogP contribution in [0.25, 0.3) is 0 Å². The van der Waals surface area contributed by atoms with Crippen LogP contribution < -0.4 is 10.1 Å². The lowest BCUT2D eigenvalue weighted by Crippen LogP contribution is -2.20. The number of hydrogen-bond acceptors (Lipinski definition) is 3. The molecule has 1 aliphatic rings. The van der Waals surface area contributed by atoms with Crippen LogP contribution in [0.1, 0.15) is 34.1 Å². The standard InChI is InChI=1S/C22H17F3N2O3/c23-22(24,25)30-16-8-4-7-15(13-16)26-21(29)17-11-12-27-18(17)9-10-19(27)20(28)14-5-2-1-3-6-14/h1-10,13,17H,11-12H2,(H,26,29). The summed E-state index contributed by atoms with van der Waals surface area (Å²) in [6.45, 7) is 0.506. The first-order chi connectivity index (χ1) is 14.3. The second-order valence-electron chi connectivity index (χ2n) is 6.90. The molecule has 3 aromatic rings. The smallest absolute Gasteiger partial charge is 0.406 e. The van der Waals surface area contributed by atoms with Crippen LogP contribution in [0.3, 0.4) is 0 Å².